The van der Waals surface area contributed by atoms with Gasteiger partial charge in [0.25, 0.3) is 0 Å². The Labute approximate surface area is 150 Å². The molecule has 0 spiro atoms. The Hall–Kier alpha value is -0.417. The van der Waals surface area contributed by atoms with Crippen LogP contribution < -0.4 is 0 Å². The van der Waals surface area contributed by atoms with Crippen LogP contribution in [0.15, 0.2) is 36.4 Å². The molecule has 0 saturated heterocycles. The van der Waals surface area contributed by atoms with Gasteiger partial charge in [0, 0.05) is 0 Å². The average Bonchev–Trinajstić information content (AvgIpc) is 2.85. The Kier molecular flexibility index (Phi) is 7.57. The molecule has 114 valence electrons. The van der Waals surface area contributed by atoms with Gasteiger partial charge >= 0.3 is 26.2 Å². The summed E-state index contributed by atoms with van der Waals surface area (Å²) >= 11 is 0. The molecule has 1 heteroatoms. The summed E-state index contributed by atoms with van der Waals surface area (Å²) in [5.41, 5.74) is 6.23. The summed E-state index contributed by atoms with van der Waals surface area (Å²) in [6.07, 6.45) is 0. The topological polar surface area (TPSA) is 0 Å². The monoisotopic (exact) mass is 360 g/mol. The van der Waals surface area contributed by atoms with Gasteiger partial charge in [-0.2, -0.15) is 46.5 Å². The summed E-state index contributed by atoms with van der Waals surface area (Å²) < 4.78 is 0. The minimum atomic E-state index is 0. The van der Waals surface area contributed by atoms with Crippen LogP contribution in [0.5, 0.6) is 0 Å². The molecule has 0 nitrogen and oxygen atoms in total. The van der Waals surface area contributed by atoms with Crippen LogP contribution in [-0.4, -0.2) is 0 Å². The normalized spacial score (nSPS) is 11.4. The summed E-state index contributed by atoms with van der Waals surface area (Å²) in [7, 11) is 0. The van der Waals surface area contributed by atoms with Gasteiger partial charge in [0.05, 0.1) is 0 Å². The Balaban J connectivity index is 0.000000364. The maximum atomic E-state index is 2.25. The molecule has 0 atom stereocenters. The number of rotatable bonds is 0. The van der Waals surface area contributed by atoms with E-state index in [4.69, 9.17) is 0 Å². The van der Waals surface area contributed by atoms with Gasteiger partial charge < -0.3 is 0 Å². The molecule has 0 N–H and O–H groups in total. The molecule has 2 rings (SSSR count). The van der Waals surface area contributed by atoms with Crippen molar-refractivity contribution in [3.8, 4) is 0 Å². The third kappa shape index (κ3) is 6.92. The molecule has 0 fully saturated rings. The van der Waals surface area contributed by atoms with Crippen molar-refractivity contribution in [3.05, 3.63) is 58.7 Å². The molecule has 0 aliphatic heterocycles. The van der Waals surface area contributed by atoms with E-state index in [2.05, 4.69) is 91.8 Å². The van der Waals surface area contributed by atoms with Crippen molar-refractivity contribution in [2.75, 3.05) is 0 Å². The molecular formula is C20H30Zr. The van der Waals surface area contributed by atoms with Gasteiger partial charge in [-0.25, -0.2) is 12.1 Å². The first kappa shape index (κ1) is 20.6. The van der Waals surface area contributed by atoms with E-state index in [1.807, 2.05) is 0 Å². The zero-order valence-corrected chi connectivity index (χ0v) is 17.4. The third-order valence-electron chi connectivity index (χ3n) is 3.55. The van der Waals surface area contributed by atoms with Crippen molar-refractivity contribution >= 4 is 0 Å². The van der Waals surface area contributed by atoms with Crippen LogP contribution in [0.2, 0.25) is 0 Å². The van der Waals surface area contributed by atoms with Crippen LogP contribution in [-0.2, 0) is 37.0 Å². The number of hydrogen-bond acceptors (Lipinski definition) is 0. The molecule has 0 heterocycles. The second kappa shape index (κ2) is 7.73. The van der Waals surface area contributed by atoms with Gasteiger partial charge in [-0.15, -0.1) is 0 Å². The number of hydrogen-bond donors (Lipinski definition) is 0. The Bertz CT molecular complexity index is 476. The minimum Gasteiger partial charge on any atom is -0.207 e. The molecule has 0 unspecified atom stereocenters. The largest absolute Gasteiger partial charge is 2.00 e. The molecule has 21 heavy (non-hydrogen) atoms. The van der Waals surface area contributed by atoms with Crippen LogP contribution in [0.25, 0.3) is 0 Å². The first-order chi connectivity index (χ1) is 9.00. The maximum Gasteiger partial charge on any atom is 2.00 e. The van der Waals surface area contributed by atoms with E-state index < -0.39 is 0 Å². The van der Waals surface area contributed by atoms with Crippen molar-refractivity contribution in [2.24, 2.45) is 0 Å². The molecule has 2 aromatic carbocycles. The van der Waals surface area contributed by atoms with Crippen molar-refractivity contribution in [1.29, 1.82) is 0 Å². The third-order valence-corrected chi connectivity index (χ3v) is 3.55. The summed E-state index contributed by atoms with van der Waals surface area (Å²) in [6.45, 7) is 17.7. The van der Waals surface area contributed by atoms with Crippen LogP contribution in [0, 0.1) is 13.8 Å². The van der Waals surface area contributed by atoms with Crippen LogP contribution in [0.4, 0.5) is 0 Å². The summed E-state index contributed by atoms with van der Waals surface area (Å²) in [4.78, 5) is 0. The van der Waals surface area contributed by atoms with E-state index >= 15 is 0 Å². The van der Waals surface area contributed by atoms with Gasteiger partial charge in [-0.3, -0.25) is 0 Å². The Morgan fingerprint density at radius 2 is 0.952 bits per heavy atom. The van der Waals surface area contributed by atoms with Gasteiger partial charge in [-0.1, -0.05) is 66.2 Å². The van der Waals surface area contributed by atoms with E-state index in [1.165, 1.54) is 22.3 Å². The van der Waals surface area contributed by atoms with Crippen molar-refractivity contribution in [2.45, 2.75) is 66.2 Å². The fourth-order valence-electron chi connectivity index (χ4n) is 2.06. The molecule has 0 aliphatic carbocycles. The molecule has 0 bridgehead atoms. The molecule has 0 aliphatic rings. The molecule has 0 saturated carbocycles. The molecule has 0 radical (unpaired) electrons. The van der Waals surface area contributed by atoms with Crippen LogP contribution in [0.1, 0.15) is 63.8 Å². The fourth-order valence-corrected chi connectivity index (χ4v) is 2.06. The average molecular weight is 362 g/mol. The van der Waals surface area contributed by atoms with Gasteiger partial charge in [-0.05, 0) is 0 Å². The smallest absolute Gasteiger partial charge is 0.207 e. The van der Waals surface area contributed by atoms with Crippen LogP contribution in [0.3, 0.4) is 0 Å². The molecule has 0 aromatic heterocycles. The molecule has 2 aromatic rings. The zero-order chi connectivity index (χ0) is 15.6. The van der Waals surface area contributed by atoms with Gasteiger partial charge in [0.15, 0.2) is 0 Å². The van der Waals surface area contributed by atoms with E-state index in [-0.39, 0.29) is 26.2 Å². The second-order valence-electron chi connectivity index (χ2n) is 7.85. The van der Waals surface area contributed by atoms with E-state index in [1.54, 1.807) is 0 Å². The zero-order valence-electron chi connectivity index (χ0n) is 15.0. The predicted octanol–water partition coefficient (Wildman–Crippen LogP) is 6.02. The van der Waals surface area contributed by atoms with Crippen molar-refractivity contribution in [3.63, 3.8) is 0 Å². The second-order valence-corrected chi connectivity index (χ2v) is 7.85. The summed E-state index contributed by atoms with van der Waals surface area (Å²) in [5, 5.41) is 0. The Morgan fingerprint density at radius 3 is 1.05 bits per heavy atom. The van der Waals surface area contributed by atoms with Crippen molar-refractivity contribution in [1.82, 2.24) is 0 Å². The number of aryl methyl sites for hydroxylation is 2. The standard InChI is InChI=1S/2C10H15.Zr/c2*1-8-5-6-9(7-8)10(2,3)4;/h2*5-7H,1-4H3;/q2*-1;+2. The van der Waals surface area contributed by atoms with Gasteiger partial charge in [0.2, 0.25) is 0 Å². The quantitative estimate of drug-likeness (QED) is 0.503. The maximum absolute atomic E-state index is 2.25. The van der Waals surface area contributed by atoms with Crippen molar-refractivity contribution < 1.29 is 26.2 Å². The SMILES string of the molecule is Cc1cc(C(C)(C)C)c[cH-]1.Cc1cc(C(C)(C)C)c[cH-]1.[Zr+2]. The predicted molar refractivity (Wildman–Crippen MR) is 90.9 cm³/mol. The summed E-state index contributed by atoms with van der Waals surface area (Å²) in [5.74, 6) is 0. The summed E-state index contributed by atoms with van der Waals surface area (Å²) in [6, 6.07) is 13.2. The Morgan fingerprint density at radius 1 is 0.667 bits per heavy atom. The van der Waals surface area contributed by atoms with E-state index in [9.17, 15) is 0 Å². The van der Waals surface area contributed by atoms with E-state index in [0.29, 0.717) is 10.8 Å². The first-order valence-corrected chi connectivity index (χ1v) is 7.48. The van der Waals surface area contributed by atoms with Crippen LogP contribution >= 0.6 is 0 Å². The fraction of sp³-hybridized carbons (Fsp3) is 0.500. The van der Waals surface area contributed by atoms with Gasteiger partial charge in [0.1, 0.15) is 0 Å². The first-order valence-electron chi connectivity index (χ1n) is 7.48. The minimum absolute atomic E-state index is 0. The molecule has 0 amide bonds. The van der Waals surface area contributed by atoms with E-state index in [0.717, 1.165) is 0 Å². The molecular weight excluding hydrogens is 331 g/mol.